The first-order chi connectivity index (χ1) is 20.0. The summed E-state index contributed by atoms with van der Waals surface area (Å²) in [5, 5.41) is 22.1. The van der Waals surface area contributed by atoms with Crippen molar-refractivity contribution in [2.45, 2.75) is 67.2 Å². The minimum absolute atomic E-state index is 0.0439. The van der Waals surface area contributed by atoms with Gasteiger partial charge in [0.15, 0.2) is 0 Å². The molecule has 0 bridgehead atoms. The highest BCUT2D eigenvalue weighted by atomic mass is 32.1. The van der Waals surface area contributed by atoms with Gasteiger partial charge in [0.25, 0.3) is 0 Å². The van der Waals surface area contributed by atoms with Crippen molar-refractivity contribution >= 4 is 34.2 Å². The van der Waals surface area contributed by atoms with Crippen LogP contribution in [0.5, 0.6) is 0 Å². The van der Waals surface area contributed by atoms with E-state index in [-0.39, 0.29) is 18.1 Å². The van der Waals surface area contributed by atoms with Gasteiger partial charge in [0.05, 0.1) is 12.6 Å². The molecule has 0 saturated heterocycles. The molecule has 0 radical (unpaired) electrons. The van der Waals surface area contributed by atoms with E-state index in [0.29, 0.717) is 12.1 Å². The molecular weight excluding hydrogens is 540 g/mol. The number of aryl methyl sites for hydroxylation is 1. The highest BCUT2D eigenvalue weighted by Gasteiger charge is 2.26. The summed E-state index contributed by atoms with van der Waals surface area (Å²) in [7, 11) is 3.91. The van der Waals surface area contributed by atoms with Gasteiger partial charge in [-0.3, -0.25) is 9.48 Å². The number of carbonyl (C=O) groups excluding carboxylic acids is 1. The number of hydrogen-bond donors (Lipinski definition) is 2. The molecule has 1 aliphatic rings. The third-order valence-corrected chi connectivity index (χ3v) is 9.31. The Bertz CT molecular complexity index is 1710. The van der Waals surface area contributed by atoms with Gasteiger partial charge in [-0.2, -0.15) is 5.10 Å². The second-order valence-corrected chi connectivity index (χ2v) is 12.1. The minimum atomic E-state index is -0.0439. The van der Waals surface area contributed by atoms with Crippen molar-refractivity contribution in [2.75, 3.05) is 18.5 Å². The zero-order chi connectivity index (χ0) is 30.7. The molecule has 0 saturated carbocycles. The molecule has 3 aromatic rings. The number of allylic oxidation sites excluding steroid dienone is 4. The zero-order valence-electron chi connectivity index (χ0n) is 26.3. The fourth-order valence-corrected chi connectivity index (χ4v) is 7.23. The largest absolute Gasteiger partial charge is 0.507 e. The molecule has 42 heavy (non-hydrogen) atoms. The number of anilines is 1. The summed E-state index contributed by atoms with van der Waals surface area (Å²) >= 11 is 1.77. The third kappa shape index (κ3) is 6.02. The van der Waals surface area contributed by atoms with Crippen LogP contribution in [0.15, 0.2) is 70.6 Å². The van der Waals surface area contributed by atoms with E-state index in [2.05, 4.69) is 67.5 Å². The van der Waals surface area contributed by atoms with Crippen LogP contribution in [-0.4, -0.2) is 34.4 Å². The van der Waals surface area contributed by atoms with Crippen LogP contribution in [0.3, 0.4) is 0 Å². The number of rotatable bonds is 9. The summed E-state index contributed by atoms with van der Waals surface area (Å²) in [6.07, 6.45) is 6.62. The van der Waals surface area contributed by atoms with Gasteiger partial charge in [-0.15, -0.1) is 11.3 Å². The maximum atomic E-state index is 13.4. The normalized spacial score (nSPS) is 14.7. The number of hydrogen-bond acceptors (Lipinski definition) is 5. The Morgan fingerprint density at radius 3 is 2.50 bits per heavy atom. The topological polar surface area (TPSA) is 70.4 Å². The number of nitrogens with one attached hydrogen (secondary N) is 1. The maximum Gasteiger partial charge on any atom is 0.231 e. The minimum Gasteiger partial charge on any atom is -0.507 e. The van der Waals surface area contributed by atoms with Crippen LogP contribution in [0.2, 0.25) is 0 Å². The van der Waals surface area contributed by atoms with E-state index in [1.807, 2.05) is 50.6 Å². The van der Waals surface area contributed by atoms with Crippen molar-refractivity contribution in [3.05, 3.63) is 91.5 Å². The second-order valence-electron chi connectivity index (χ2n) is 11.2. The van der Waals surface area contributed by atoms with Crippen molar-refractivity contribution in [1.29, 1.82) is 0 Å². The summed E-state index contributed by atoms with van der Waals surface area (Å²) in [5.41, 5.74) is 11.5. The Balaban J connectivity index is 1.68. The Morgan fingerprint density at radius 1 is 1.17 bits per heavy atom. The number of amides is 1. The van der Waals surface area contributed by atoms with Crippen LogP contribution < -0.4 is 20.0 Å². The third-order valence-electron chi connectivity index (χ3n) is 8.27. The van der Waals surface area contributed by atoms with Gasteiger partial charge in [-0.1, -0.05) is 32.1 Å². The lowest BCUT2D eigenvalue weighted by atomic mass is 9.96. The second kappa shape index (κ2) is 13.0. The van der Waals surface area contributed by atoms with Gasteiger partial charge < -0.3 is 15.3 Å². The van der Waals surface area contributed by atoms with E-state index in [9.17, 15) is 9.90 Å². The van der Waals surface area contributed by atoms with Crippen LogP contribution in [0.4, 0.5) is 5.69 Å². The van der Waals surface area contributed by atoms with E-state index in [1.165, 1.54) is 20.9 Å². The fraction of sp³-hybridized carbons (Fsp3) is 0.371. The smallest absolute Gasteiger partial charge is 0.231 e. The van der Waals surface area contributed by atoms with Crippen LogP contribution >= 0.6 is 11.3 Å². The van der Waals surface area contributed by atoms with Gasteiger partial charge in [-0.25, -0.2) is 0 Å². The van der Waals surface area contributed by atoms with Crippen molar-refractivity contribution in [3.8, 4) is 11.1 Å². The fourth-order valence-electron chi connectivity index (χ4n) is 5.95. The quantitative estimate of drug-likeness (QED) is 0.222. The molecule has 2 N–H and O–H groups in total. The predicted octanol–water partition coefficient (Wildman–Crippen LogP) is 6.52. The SMILES string of the molecule is C=C(CC(=O)N1CCc2cc(-c3csc(=C(/CC)c4cnn(C)c4)/c3=C(\C)NC)ccc21)/C(O)=C(/C)C(CC)=C(C)C. The zero-order valence-corrected chi connectivity index (χ0v) is 27.1. The Labute approximate surface area is 254 Å². The number of fused-ring (bicyclic) bond motifs is 1. The molecule has 1 amide bonds. The molecule has 2 aromatic heterocycles. The molecule has 7 heteroatoms. The predicted molar refractivity (Wildman–Crippen MR) is 177 cm³/mol. The van der Waals surface area contributed by atoms with E-state index in [1.54, 1.807) is 11.3 Å². The van der Waals surface area contributed by atoms with Crippen LogP contribution in [0, 0.1) is 0 Å². The lowest BCUT2D eigenvalue weighted by molar-refractivity contribution is -0.117. The maximum absolute atomic E-state index is 13.4. The monoisotopic (exact) mass is 584 g/mol. The Kier molecular flexibility index (Phi) is 9.62. The molecule has 222 valence electrons. The number of carbonyl (C=O) groups is 1. The van der Waals surface area contributed by atoms with Gasteiger partial charge in [0.1, 0.15) is 5.76 Å². The van der Waals surface area contributed by atoms with E-state index < -0.39 is 0 Å². The molecule has 0 aliphatic carbocycles. The first kappa shape index (κ1) is 31.1. The molecule has 1 aromatic carbocycles. The molecule has 0 spiro atoms. The average Bonchev–Trinajstić information content (AvgIpc) is 3.71. The highest BCUT2D eigenvalue weighted by Crippen LogP contribution is 2.33. The van der Waals surface area contributed by atoms with Crippen molar-refractivity contribution in [3.63, 3.8) is 0 Å². The van der Waals surface area contributed by atoms with E-state index in [0.717, 1.165) is 64.1 Å². The lowest BCUT2D eigenvalue weighted by Crippen LogP contribution is -2.29. The number of aliphatic hydroxyl groups excluding tert-OH is 1. The first-order valence-electron chi connectivity index (χ1n) is 14.7. The number of nitrogens with zero attached hydrogens (tertiary/aromatic N) is 3. The highest BCUT2D eigenvalue weighted by molar-refractivity contribution is 7.08. The van der Waals surface area contributed by atoms with Crippen LogP contribution in [0.25, 0.3) is 22.4 Å². The van der Waals surface area contributed by atoms with Crippen LogP contribution in [0.1, 0.15) is 71.9 Å². The van der Waals surface area contributed by atoms with Gasteiger partial charge in [0.2, 0.25) is 5.91 Å². The molecule has 6 nitrogen and oxygen atoms in total. The number of aliphatic hydroxyl groups is 1. The van der Waals surface area contributed by atoms with E-state index >= 15 is 0 Å². The number of aromatic nitrogens is 2. The molecule has 0 atom stereocenters. The molecule has 0 fully saturated rings. The van der Waals surface area contributed by atoms with Crippen molar-refractivity contribution in [2.24, 2.45) is 7.05 Å². The first-order valence-corrected chi connectivity index (χ1v) is 15.6. The Hall–Kier alpha value is -3.84. The van der Waals surface area contributed by atoms with Crippen molar-refractivity contribution in [1.82, 2.24) is 15.1 Å². The van der Waals surface area contributed by atoms with Gasteiger partial charge in [-0.05, 0) is 97.9 Å². The Morgan fingerprint density at radius 2 is 1.90 bits per heavy atom. The summed E-state index contributed by atoms with van der Waals surface area (Å²) < 4.78 is 3.10. The molecular formula is C35H44N4O2S. The molecule has 4 rings (SSSR count). The number of thiophene rings is 1. The van der Waals surface area contributed by atoms with Gasteiger partial charge >= 0.3 is 0 Å². The van der Waals surface area contributed by atoms with Crippen LogP contribution in [-0.2, 0) is 18.3 Å². The number of benzene rings is 1. The standard InChI is InChI=1S/C35H44N4O2S/c1-10-28(21(3)4)23(6)34(41)22(5)16-32(40)39-15-14-26-17-25(12-13-31(26)39)30-20-42-35(33(30)24(7)36-8)29(11-2)27-18-37-38(9)19-27/h12-13,17-20,36,41H,5,10-11,14-16H2,1-4,6-9H3/b33-24+,34-23+,35-29-. The summed E-state index contributed by atoms with van der Waals surface area (Å²) in [5.74, 6) is 0.0836. The summed E-state index contributed by atoms with van der Waals surface area (Å²) in [6.45, 7) is 17.1. The van der Waals surface area contributed by atoms with Gasteiger partial charge in [0, 0.05) is 59.1 Å². The average molecular weight is 585 g/mol. The summed E-state index contributed by atoms with van der Waals surface area (Å²) in [4.78, 5) is 15.2. The molecule has 1 aliphatic heterocycles. The van der Waals surface area contributed by atoms with Crippen molar-refractivity contribution < 1.29 is 9.90 Å². The molecule has 0 unspecified atom stereocenters. The lowest BCUT2D eigenvalue weighted by Gasteiger charge is -2.19. The summed E-state index contributed by atoms with van der Waals surface area (Å²) in [6, 6.07) is 6.42. The van der Waals surface area contributed by atoms with E-state index in [4.69, 9.17) is 0 Å². The molecule has 3 heterocycles.